The molecule has 1 aromatic carbocycles. The van der Waals surface area contributed by atoms with E-state index in [9.17, 15) is 9.59 Å². The average molecular weight is 486 g/mol. The third-order valence-electron chi connectivity index (χ3n) is 3.46. The van der Waals surface area contributed by atoms with Crippen LogP contribution in [0.25, 0.3) is 6.08 Å². The Morgan fingerprint density at radius 2 is 2.00 bits per heavy atom. The van der Waals surface area contributed by atoms with E-state index in [4.69, 9.17) is 44.3 Å². The quantitative estimate of drug-likeness (QED) is 0.410. The number of rotatable bonds is 4. The van der Waals surface area contributed by atoms with Gasteiger partial charge in [-0.25, -0.2) is 4.79 Å². The van der Waals surface area contributed by atoms with E-state index in [1.807, 2.05) is 18.2 Å². The molecule has 0 aromatic heterocycles. The van der Waals surface area contributed by atoms with E-state index < -0.39 is 28.5 Å². The molecule has 0 N–H and O–H groups in total. The van der Waals surface area contributed by atoms with Gasteiger partial charge in [0, 0.05) is 10.7 Å². The van der Waals surface area contributed by atoms with Crippen molar-refractivity contribution in [2.24, 2.45) is 0 Å². The summed E-state index contributed by atoms with van der Waals surface area (Å²) in [6.07, 6.45) is 2.29. The van der Waals surface area contributed by atoms with Crippen LogP contribution in [0, 0.1) is 0 Å². The van der Waals surface area contributed by atoms with Gasteiger partial charge in [-0.1, -0.05) is 56.8 Å². The number of carbonyl (C=O) groups excluding carboxylic acids is 2. The van der Waals surface area contributed by atoms with Crippen molar-refractivity contribution in [1.29, 1.82) is 0 Å². The Morgan fingerprint density at radius 1 is 1.31 bits per heavy atom. The number of hydrogen-bond acceptors (Lipinski definition) is 4. The molecule has 0 fully saturated rings. The van der Waals surface area contributed by atoms with Gasteiger partial charge in [0.15, 0.2) is 0 Å². The van der Waals surface area contributed by atoms with E-state index in [1.165, 1.54) is 4.90 Å². The third kappa shape index (κ3) is 6.05. The van der Waals surface area contributed by atoms with E-state index in [-0.39, 0.29) is 12.5 Å². The first kappa shape index (κ1) is 21.4. The molecule has 0 spiro atoms. The van der Waals surface area contributed by atoms with Crippen molar-refractivity contribution in [3.8, 4) is 0 Å². The number of amides is 1. The summed E-state index contributed by atoms with van der Waals surface area (Å²) in [5.74, 6) is -0.423. The van der Waals surface area contributed by atoms with Crippen molar-refractivity contribution in [3.05, 3.63) is 40.0 Å². The molecule has 1 aliphatic heterocycles. The fraction of sp³-hybridized carbons (Fsp3) is 0.412. The van der Waals surface area contributed by atoms with Crippen LogP contribution in [0.2, 0.25) is 0 Å². The molecule has 5 nitrogen and oxygen atoms in total. The second kappa shape index (κ2) is 8.83. The van der Waals surface area contributed by atoms with Gasteiger partial charge >= 0.3 is 12.1 Å². The maximum atomic E-state index is 12.5. The second-order valence-corrected chi connectivity index (χ2v) is 9.36. The highest BCUT2D eigenvalue weighted by Crippen LogP contribution is 2.35. The summed E-state index contributed by atoms with van der Waals surface area (Å²) in [6.45, 7) is 3.12. The summed E-state index contributed by atoms with van der Waals surface area (Å²) >= 11 is 20.3. The Bertz CT molecular complexity index is 718. The molecular formula is C17H17BrCl3NO4. The molecule has 1 aliphatic rings. The molecule has 1 heterocycles. The van der Waals surface area contributed by atoms with Gasteiger partial charge in [-0.2, -0.15) is 0 Å². The number of ether oxygens (including phenoxy) is 2. The van der Waals surface area contributed by atoms with Gasteiger partial charge < -0.3 is 9.47 Å². The first-order valence-corrected chi connectivity index (χ1v) is 9.68. The highest BCUT2D eigenvalue weighted by Gasteiger charge is 2.33. The summed E-state index contributed by atoms with van der Waals surface area (Å²) in [4.78, 5) is 25.9. The standard InChI is InChI=1S/C17H17BrCl3NO4/c1-10(2)26-15(23)8-14-13-4-3-12(18)7-11(13)5-6-22(14)16(24)25-9-17(19,20)21/h3-7,10,14H,8-9H2,1-2H3/t14-/m1/s1. The number of esters is 1. The van der Waals surface area contributed by atoms with Gasteiger partial charge in [-0.15, -0.1) is 0 Å². The number of alkyl halides is 3. The maximum absolute atomic E-state index is 12.5. The van der Waals surface area contributed by atoms with Crippen LogP contribution in [-0.4, -0.2) is 33.5 Å². The van der Waals surface area contributed by atoms with Gasteiger partial charge in [0.2, 0.25) is 3.79 Å². The zero-order valence-electron chi connectivity index (χ0n) is 14.0. The fourth-order valence-electron chi connectivity index (χ4n) is 2.49. The van der Waals surface area contributed by atoms with Gasteiger partial charge in [-0.05, 0) is 43.2 Å². The van der Waals surface area contributed by atoms with Crippen LogP contribution >= 0.6 is 50.7 Å². The molecule has 0 saturated heterocycles. The Hall–Kier alpha value is -0.950. The zero-order valence-corrected chi connectivity index (χ0v) is 17.9. The lowest BCUT2D eigenvalue weighted by molar-refractivity contribution is -0.148. The molecule has 1 aromatic rings. The van der Waals surface area contributed by atoms with E-state index in [1.54, 1.807) is 26.1 Å². The normalized spacial score (nSPS) is 16.4. The predicted molar refractivity (Wildman–Crippen MR) is 105 cm³/mol. The SMILES string of the molecule is CC(C)OC(=O)C[C@@H]1c2ccc(Br)cc2C=CN1C(=O)OCC(Cl)(Cl)Cl. The van der Waals surface area contributed by atoms with Crippen molar-refractivity contribution >= 4 is 68.9 Å². The zero-order chi connectivity index (χ0) is 19.5. The van der Waals surface area contributed by atoms with Gasteiger partial charge in [0.1, 0.15) is 6.61 Å². The summed E-state index contributed by atoms with van der Waals surface area (Å²) < 4.78 is 9.44. The van der Waals surface area contributed by atoms with Crippen molar-refractivity contribution < 1.29 is 19.1 Å². The molecule has 2 rings (SSSR count). The van der Waals surface area contributed by atoms with Gasteiger partial charge in [-0.3, -0.25) is 9.69 Å². The molecule has 9 heteroatoms. The van der Waals surface area contributed by atoms with Crippen LogP contribution in [0.1, 0.15) is 37.4 Å². The fourth-order valence-corrected chi connectivity index (χ4v) is 3.03. The Kier molecular flexibility index (Phi) is 7.25. The van der Waals surface area contributed by atoms with Gasteiger partial charge in [0.25, 0.3) is 0 Å². The molecule has 0 saturated carbocycles. The van der Waals surface area contributed by atoms with Crippen molar-refractivity contribution in [2.75, 3.05) is 6.61 Å². The third-order valence-corrected chi connectivity index (χ3v) is 4.28. The lowest BCUT2D eigenvalue weighted by Crippen LogP contribution is -2.36. The highest BCUT2D eigenvalue weighted by molar-refractivity contribution is 9.10. The first-order valence-electron chi connectivity index (χ1n) is 7.76. The molecule has 26 heavy (non-hydrogen) atoms. The minimum absolute atomic E-state index is 0.0278. The number of halogens is 4. The minimum atomic E-state index is -1.72. The lowest BCUT2D eigenvalue weighted by Gasteiger charge is -2.32. The van der Waals surface area contributed by atoms with E-state index in [0.29, 0.717) is 0 Å². The minimum Gasteiger partial charge on any atom is -0.463 e. The summed E-state index contributed by atoms with van der Waals surface area (Å²) in [7, 11) is 0. The summed E-state index contributed by atoms with van der Waals surface area (Å²) in [5, 5.41) is 0. The smallest absolute Gasteiger partial charge is 0.414 e. The number of benzene rings is 1. The summed E-state index contributed by atoms with van der Waals surface area (Å²) in [6, 6.07) is 4.99. The first-order chi connectivity index (χ1) is 12.1. The van der Waals surface area contributed by atoms with Crippen molar-refractivity contribution in [3.63, 3.8) is 0 Å². The average Bonchev–Trinajstić information content (AvgIpc) is 2.51. The van der Waals surface area contributed by atoms with Crippen LogP contribution in [-0.2, 0) is 14.3 Å². The molecule has 0 radical (unpaired) electrons. The van der Waals surface area contributed by atoms with Crippen LogP contribution in [0.3, 0.4) is 0 Å². The topological polar surface area (TPSA) is 55.8 Å². The predicted octanol–water partition coefficient (Wildman–Crippen LogP) is 5.63. The Labute approximate surface area is 175 Å². The molecule has 0 bridgehead atoms. The molecule has 142 valence electrons. The monoisotopic (exact) mass is 483 g/mol. The highest BCUT2D eigenvalue weighted by atomic mass is 79.9. The molecule has 0 unspecified atom stereocenters. The lowest BCUT2D eigenvalue weighted by atomic mass is 9.94. The molecule has 1 atom stereocenters. The number of hydrogen-bond donors (Lipinski definition) is 0. The van der Waals surface area contributed by atoms with Gasteiger partial charge in [0.05, 0.1) is 18.6 Å². The van der Waals surface area contributed by atoms with Crippen molar-refractivity contribution in [1.82, 2.24) is 4.90 Å². The Balaban J connectivity index is 2.26. The van der Waals surface area contributed by atoms with Crippen LogP contribution in [0.15, 0.2) is 28.9 Å². The van der Waals surface area contributed by atoms with E-state index >= 15 is 0 Å². The maximum Gasteiger partial charge on any atom is 0.414 e. The molecule has 1 amide bonds. The Morgan fingerprint density at radius 3 is 2.62 bits per heavy atom. The van der Waals surface area contributed by atoms with E-state index in [2.05, 4.69) is 15.9 Å². The molecule has 0 aliphatic carbocycles. The van der Waals surface area contributed by atoms with Crippen LogP contribution < -0.4 is 0 Å². The van der Waals surface area contributed by atoms with Crippen molar-refractivity contribution in [2.45, 2.75) is 36.2 Å². The largest absolute Gasteiger partial charge is 0.463 e. The number of carbonyl (C=O) groups is 2. The second-order valence-electron chi connectivity index (χ2n) is 5.92. The van der Waals surface area contributed by atoms with E-state index in [0.717, 1.165) is 15.6 Å². The van der Waals surface area contributed by atoms with Crippen LogP contribution in [0.4, 0.5) is 4.79 Å². The number of fused-ring (bicyclic) bond motifs is 1. The number of nitrogens with zero attached hydrogens (tertiary/aromatic N) is 1. The summed E-state index contributed by atoms with van der Waals surface area (Å²) in [5.41, 5.74) is 1.68. The molecular weight excluding hydrogens is 468 g/mol. The van der Waals surface area contributed by atoms with Crippen LogP contribution in [0.5, 0.6) is 0 Å².